The highest BCUT2D eigenvalue weighted by molar-refractivity contribution is 5.88. The molecule has 1 heterocycles. The van der Waals surface area contributed by atoms with Crippen molar-refractivity contribution in [1.29, 1.82) is 0 Å². The maximum absolute atomic E-state index is 13.8. The summed E-state index contributed by atoms with van der Waals surface area (Å²) in [5.74, 6) is -5.16. The maximum Gasteiger partial charge on any atom is 0.458 e. The second kappa shape index (κ2) is 5.73. The van der Waals surface area contributed by atoms with Crippen molar-refractivity contribution in [3.05, 3.63) is 59.2 Å². The highest BCUT2D eigenvalue weighted by atomic mass is 19.4. The summed E-state index contributed by atoms with van der Waals surface area (Å²) in [6.45, 7) is 0. The SMILES string of the molecule is Oc1ccc2c(c1)OC(O)C(c1ccccc1C(F)(F)C(F)(F)F)=C2. The number of aromatic hydroxyl groups is 1. The average Bonchev–Trinajstić information content (AvgIpc) is 2.53. The van der Waals surface area contributed by atoms with Crippen molar-refractivity contribution in [2.45, 2.75) is 18.4 Å². The lowest BCUT2D eigenvalue weighted by molar-refractivity contribution is -0.289. The number of phenols is 1. The molecule has 1 unspecified atom stereocenters. The molecule has 25 heavy (non-hydrogen) atoms. The summed E-state index contributed by atoms with van der Waals surface area (Å²) in [6.07, 6.45) is -6.30. The summed E-state index contributed by atoms with van der Waals surface area (Å²) in [4.78, 5) is 0. The Bertz CT molecular complexity index is 842. The van der Waals surface area contributed by atoms with Crippen LogP contribution in [-0.2, 0) is 5.92 Å². The van der Waals surface area contributed by atoms with E-state index >= 15 is 0 Å². The van der Waals surface area contributed by atoms with E-state index in [1.54, 1.807) is 0 Å². The van der Waals surface area contributed by atoms with E-state index in [0.29, 0.717) is 11.6 Å². The van der Waals surface area contributed by atoms with Crippen molar-refractivity contribution in [2.75, 3.05) is 0 Å². The Morgan fingerprint density at radius 3 is 2.32 bits per heavy atom. The fourth-order valence-electron chi connectivity index (χ4n) is 2.54. The van der Waals surface area contributed by atoms with Crippen LogP contribution in [0.25, 0.3) is 11.6 Å². The second-order valence-corrected chi connectivity index (χ2v) is 5.41. The number of halogens is 5. The van der Waals surface area contributed by atoms with Gasteiger partial charge in [0.2, 0.25) is 6.29 Å². The summed E-state index contributed by atoms with van der Waals surface area (Å²) >= 11 is 0. The highest BCUT2D eigenvalue weighted by Crippen LogP contribution is 2.47. The minimum absolute atomic E-state index is 0.0799. The van der Waals surface area contributed by atoms with Crippen molar-refractivity contribution in [2.24, 2.45) is 0 Å². The normalized spacial score (nSPS) is 17.5. The molecule has 3 rings (SSSR count). The van der Waals surface area contributed by atoms with Crippen LogP contribution in [0.15, 0.2) is 42.5 Å². The molecule has 0 radical (unpaired) electrons. The van der Waals surface area contributed by atoms with Crippen LogP contribution in [0.1, 0.15) is 16.7 Å². The smallest absolute Gasteiger partial charge is 0.458 e. The number of hydrogen-bond donors (Lipinski definition) is 2. The zero-order chi connectivity index (χ0) is 18.4. The number of fused-ring (bicyclic) bond motifs is 1. The number of rotatable bonds is 2. The molecule has 0 aromatic heterocycles. The predicted molar refractivity (Wildman–Crippen MR) is 79.0 cm³/mol. The number of aliphatic hydroxyl groups excluding tert-OH is 1. The fourth-order valence-corrected chi connectivity index (χ4v) is 2.54. The summed E-state index contributed by atoms with van der Waals surface area (Å²) < 4.78 is 71.1. The fraction of sp³-hybridized carbons (Fsp3) is 0.176. The molecule has 0 amide bonds. The molecule has 0 fully saturated rings. The molecule has 8 heteroatoms. The Kier molecular flexibility index (Phi) is 3.95. The molecule has 2 N–H and O–H groups in total. The van der Waals surface area contributed by atoms with E-state index < -0.39 is 29.5 Å². The van der Waals surface area contributed by atoms with Gasteiger partial charge in [-0.05, 0) is 23.8 Å². The first-order valence-corrected chi connectivity index (χ1v) is 7.05. The first-order valence-electron chi connectivity index (χ1n) is 7.05. The Balaban J connectivity index is 2.16. The number of alkyl halides is 5. The van der Waals surface area contributed by atoms with Crippen LogP contribution in [0, 0.1) is 0 Å². The quantitative estimate of drug-likeness (QED) is 0.787. The summed E-state index contributed by atoms with van der Waals surface area (Å²) in [5.41, 5.74) is -1.67. The highest BCUT2D eigenvalue weighted by Gasteiger charge is 2.59. The van der Waals surface area contributed by atoms with Gasteiger partial charge in [-0.15, -0.1) is 0 Å². The number of aliphatic hydroxyl groups is 1. The van der Waals surface area contributed by atoms with Crippen molar-refractivity contribution < 1.29 is 36.9 Å². The third-order valence-corrected chi connectivity index (χ3v) is 3.75. The third kappa shape index (κ3) is 2.93. The van der Waals surface area contributed by atoms with Gasteiger partial charge in [-0.1, -0.05) is 24.3 Å². The zero-order valence-corrected chi connectivity index (χ0v) is 12.4. The summed E-state index contributed by atoms with van der Waals surface area (Å²) in [7, 11) is 0. The second-order valence-electron chi connectivity index (χ2n) is 5.41. The van der Waals surface area contributed by atoms with Gasteiger partial charge in [-0.25, -0.2) is 0 Å². The van der Waals surface area contributed by atoms with Gasteiger partial charge in [-0.3, -0.25) is 0 Å². The minimum Gasteiger partial charge on any atom is -0.508 e. The van der Waals surface area contributed by atoms with Crippen LogP contribution in [0.5, 0.6) is 11.5 Å². The van der Waals surface area contributed by atoms with Crippen LogP contribution >= 0.6 is 0 Å². The van der Waals surface area contributed by atoms with Crippen molar-refractivity contribution >= 4 is 11.6 Å². The number of hydrogen-bond acceptors (Lipinski definition) is 3. The van der Waals surface area contributed by atoms with Gasteiger partial charge in [0.15, 0.2) is 0 Å². The Morgan fingerprint density at radius 1 is 0.960 bits per heavy atom. The number of phenolic OH excluding ortho intramolecular Hbond substituents is 1. The van der Waals surface area contributed by atoms with E-state index in [-0.39, 0.29) is 17.1 Å². The lowest BCUT2D eigenvalue weighted by Gasteiger charge is -2.27. The lowest BCUT2D eigenvalue weighted by Crippen LogP contribution is -2.35. The zero-order valence-electron chi connectivity index (χ0n) is 12.4. The van der Waals surface area contributed by atoms with Crippen molar-refractivity contribution in [3.63, 3.8) is 0 Å². The monoisotopic (exact) mass is 358 g/mol. The van der Waals surface area contributed by atoms with Gasteiger partial charge in [0.1, 0.15) is 11.5 Å². The molecule has 0 aliphatic carbocycles. The molecule has 1 atom stereocenters. The molecule has 0 saturated carbocycles. The molecule has 1 aliphatic rings. The van der Waals surface area contributed by atoms with E-state index in [9.17, 15) is 32.2 Å². The van der Waals surface area contributed by atoms with Gasteiger partial charge in [0, 0.05) is 22.8 Å². The first-order chi connectivity index (χ1) is 11.6. The van der Waals surface area contributed by atoms with Crippen molar-refractivity contribution in [1.82, 2.24) is 0 Å². The Hall–Kier alpha value is -2.61. The Morgan fingerprint density at radius 2 is 1.64 bits per heavy atom. The minimum atomic E-state index is -5.78. The molecule has 0 bridgehead atoms. The van der Waals surface area contributed by atoms with Crippen LogP contribution in [0.4, 0.5) is 22.0 Å². The Labute approximate surface area is 138 Å². The predicted octanol–water partition coefficient (Wildman–Crippen LogP) is 4.30. The molecular weight excluding hydrogens is 347 g/mol. The molecule has 132 valence electrons. The number of benzene rings is 2. The molecule has 0 spiro atoms. The third-order valence-electron chi connectivity index (χ3n) is 3.75. The van der Waals surface area contributed by atoms with Gasteiger partial charge in [0.25, 0.3) is 0 Å². The van der Waals surface area contributed by atoms with Gasteiger partial charge < -0.3 is 14.9 Å². The van der Waals surface area contributed by atoms with E-state index in [1.807, 2.05) is 0 Å². The van der Waals surface area contributed by atoms with Crippen LogP contribution in [-0.4, -0.2) is 22.7 Å². The topological polar surface area (TPSA) is 49.7 Å². The summed E-state index contributed by atoms with van der Waals surface area (Å²) in [6, 6.07) is 7.93. The lowest BCUT2D eigenvalue weighted by atomic mass is 9.92. The molecule has 3 nitrogen and oxygen atoms in total. The molecule has 0 saturated heterocycles. The van der Waals surface area contributed by atoms with Crippen LogP contribution in [0.2, 0.25) is 0 Å². The maximum atomic E-state index is 13.8. The van der Waals surface area contributed by atoms with E-state index in [1.165, 1.54) is 30.3 Å². The van der Waals surface area contributed by atoms with Gasteiger partial charge in [0.05, 0.1) is 0 Å². The summed E-state index contributed by atoms with van der Waals surface area (Å²) in [5, 5.41) is 19.4. The van der Waals surface area contributed by atoms with Gasteiger partial charge in [-0.2, -0.15) is 22.0 Å². The van der Waals surface area contributed by atoms with Crippen LogP contribution < -0.4 is 4.74 Å². The van der Waals surface area contributed by atoms with Crippen molar-refractivity contribution in [3.8, 4) is 11.5 Å². The molecule has 2 aromatic rings. The standard InChI is InChI=1S/C17H11F5O3/c18-16(19,17(20,21)22)13-4-2-1-3-11(13)12-7-9-5-6-10(23)8-14(9)25-15(12)24/h1-8,15,23-24H. The number of ether oxygens (including phenoxy) is 1. The largest absolute Gasteiger partial charge is 0.508 e. The first kappa shape index (κ1) is 17.2. The van der Waals surface area contributed by atoms with E-state index in [2.05, 4.69) is 0 Å². The van der Waals surface area contributed by atoms with E-state index in [0.717, 1.165) is 12.1 Å². The average molecular weight is 358 g/mol. The van der Waals surface area contributed by atoms with E-state index in [4.69, 9.17) is 4.74 Å². The molecule has 2 aromatic carbocycles. The van der Waals surface area contributed by atoms with Crippen LogP contribution in [0.3, 0.4) is 0 Å². The van der Waals surface area contributed by atoms with Gasteiger partial charge >= 0.3 is 12.1 Å². The molecule has 1 aliphatic heterocycles. The molecular formula is C17H11F5O3.